The molecular weight excluding hydrogens is 246 g/mol. The molecule has 5 fully saturated rings. The molecule has 0 amide bonds. The summed E-state index contributed by atoms with van der Waals surface area (Å²) in [5.41, 5.74) is 1.48. The summed E-state index contributed by atoms with van der Waals surface area (Å²) >= 11 is 0. The van der Waals surface area contributed by atoms with Crippen LogP contribution < -0.4 is 0 Å². The van der Waals surface area contributed by atoms with E-state index in [1.807, 2.05) is 6.33 Å². The highest BCUT2D eigenvalue weighted by atomic mass is 15.3. The van der Waals surface area contributed by atoms with Crippen LogP contribution >= 0.6 is 0 Å². The molecule has 1 aromatic rings. The van der Waals surface area contributed by atoms with Crippen LogP contribution in [0.4, 0.5) is 0 Å². The molecule has 2 unspecified atom stereocenters. The summed E-state index contributed by atoms with van der Waals surface area (Å²) in [6, 6.07) is 0.716. The van der Waals surface area contributed by atoms with Crippen LogP contribution in [0.25, 0.3) is 0 Å². The standard InChI is InChI=1S/C17H25N3/c1-15-5-12-6-16(2,8-15)10-17(7-12,9-15)14-19-18-11-20(14)13-3-4-13/h11-13H,3-10H2,1-2H3. The lowest BCUT2D eigenvalue weighted by Crippen LogP contribution is -2.57. The first kappa shape index (κ1) is 11.8. The number of rotatable bonds is 2. The van der Waals surface area contributed by atoms with Gasteiger partial charge in [0.25, 0.3) is 0 Å². The van der Waals surface area contributed by atoms with E-state index < -0.39 is 0 Å². The average molecular weight is 271 g/mol. The summed E-state index contributed by atoms with van der Waals surface area (Å²) in [4.78, 5) is 0. The molecule has 5 saturated carbocycles. The van der Waals surface area contributed by atoms with E-state index in [9.17, 15) is 0 Å². The van der Waals surface area contributed by atoms with E-state index >= 15 is 0 Å². The van der Waals surface area contributed by atoms with Crippen molar-refractivity contribution in [3.63, 3.8) is 0 Å². The maximum absolute atomic E-state index is 4.64. The van der Waals surface area contributed by atoms with E-state index in [1.54, 1.807) is 0 Å². The van der Waals surface area contributed by atoms with Crippen LogP contribution in [0.1, 0.15) is 77.1 Å². The first-order chi connectivity index (χ1) is 9.50. The molecule has 108 valence electrons. The smallest absolute Gasteiger partial charge is 0.139 e. The normalized spacial score (nSPS) is 49.8. The lowest BCUT2D eigenvalue weighted by Gasteiger charge is -2.65. The maximum Gasteiger partial charge on any atom is 0.139 e. The Morgan fingerprint density at radius 1 is 1.05 bits per heavy atom. The van der Waals surface area contributed by atoms with Crippen molar-refractivity contribution in [3.05, 3.63) is 12.2 Å². The third-order valence-electron chi connectivity index (χ3n) is 6.61. The predicted molar refractivity (Wildman–Crippen MR) is 77.4 cm³/mol. The van der Waals surface area contributed by atoms with E-state index in [1.165, 1.54) is 57.2 Å². The van der Waals surface area contributed by atoms with Crippen LogP contribution in [-0.4, -0.2) is 14.8 Å². The monoisotopic (exact) mass is 271 g/mol. The van der Waals surface area contributed by atoms with Crippen molar-refractivity contribution in [2.45, 2.75) is 76.7 Å². The molecule has 3 heteroatoms. The van der Waals surface area contributed by atoms with Gasteiger partial charge >= 0.3 is 0 Å². The van der Waals surface area contributed by atoms with Crippen molar-refractivity contribution in [2.24, 2.45) is 16.7 Å². The second kappa shape index (κ2) is 3.31. The van der Waals surface area contributed by atoms with Crippen LogP contribution in [0.3, 0.4) is 0 Å². The zero-order valence-corrected chi connectivity index (χ0v) is 12.7. The summed E-state index contributed by atoms with van der Waals surface area (Å²) < 4.78 is 2.44. The van der Waals surface area contributed by atoms with Gasteiger partial charge in [-0.3, -0.25) is 0 Å². The predicted octanol–water partition coefficient (Wildman–Crippen LogP) is 3.86. The average Bonchev–Trinajstić information content (AvgIpc) is 3.01. The van der Waals surface area contributed by atoms with Crippen molar-refractivity contribution in [3.8, 4) is 0 Å². The van der Waals surface area contributed by atoms with Crippen LogP contribution in [0.15, 0.2) is 6.33 Å². The summed E-state index contributed by atoms with van der Waals surface area (Å²) in [6.45, 7) is 5.09. The number of nitrogens with zero attached hydrogens (tertiary/aromatic N) is 3. The highest BCUT2D eigenvalue weighted by Gasteiger charge is 2.62. The number of hydrogen-bond donors (Lipinski definition) is 0. The molecule has 0 radical (unpaired) electrons. The van der Waals surface area contributed by atoms with Crippen LogP contribution in [0.5, 0.6) is 0 Å². The van der Waals surface area contributed by atoms with Gasteiger partial charge in [0.15, 0.2) is 0 Å². The molecule has 1 heterocycles. The summed E-state index contributed by atoms with van der Waals surface area (Å²) in [7, 11) is 0. The lowest BCUT2D eigenvalue weighted by molar-refractivity contribution is -0.113. The Hall–Kier alpha value is -0.860. The molecule has 0 aromatic carbocycles. The van der Waals surface area contributed by atoms with Crippen molar-refractivity contribution in [1.82, 2.24) is 14.8 Å². The van der Waals surface area contributed by atoms with Crippen molar-refractivity contribution >= 4 is 0 Å². The third kappa shape index (κ3) is 1.47. The minimum Gasteiger partial charge on any atom is -0.314 e. The molecule has 0 aliphatic heterocycles. The van der Waals surface area contributed by atoms with E-state index in [0.717, 1.165) is 5.92 Å². The molecular formula is C17H25N3. The summed E-state index contributed by atoms with van der Waals surface area (Å²) in [5, 5.41) is 8.94. The fourth-order valence-corrected chi connectivity index (χ4v) is 6.94. The molecule has 5 aliphatic rings. The van der Waals surface area contributed by atoms with Crippen molar-refractivity contribution in [1.29, 1.82) is 0 Å². The summed E-state index contributed by atoms with van der Waals surface area (Å²) in [6.07, 6.45) is 13.1. The molecule has 4 bridgehead atoms. The molecule has 0 N–H and O–H groups in total. The molecule has 3 nitrogen and oxygen atoms in total. The molecule has 6 rings (SSSR count). The molecule has 0 spiro atoms. The third-order valence-corrected chi connectivity index (χ3v) is 6.61. The zero-order chi connectivity index (χ0) is 13.6. The van der Waals surface area contributed by atoms with Gasteiger partial charge in [0.05, 0.1) is 0 Å². The van der Waals surface area contributed by atoms with Crippen molar-refractivity contribution < 1.29 is 0 Å². The topological polar surface area (TPSA) is 30.7 Å². The fourth-order valence-electron chi connectivity index (χ4n) is 6.94. The SMILES string of the molecule is CC12CC3CC(C)(C1)CC(c1nncn1C1CC1)(C3)C2. The van der Waals surface area contributed by atoms with Gasteiger partial charge in [0.2, 0.25) is 0 Å². The van der Waals surface area contributed by atoms with E-state index in [0.29, 0.717) is 22.3 Å². The Morgan fingerprint density at radius 2 is 1.75 bits per heavy atom. The molecule has 1 aromatic heterocycles. The molecule has 2 atom stereocenters. The van der Waals surface area contributed by atoms with Gasteiger partial charge in [-0.2, -0.15) is 0 Å². The van der Waals surface area contributed by atoms with Gasteiger partial charge in [-0.15, -0.1) is 10.2 Å². The molecule has 20 heavy (non-hydrogen) atoms. The first-order valence-corrected chi connectivity index (χ1v) is 8.40. The zero-order valence-electron chi connectivity index (χ0n) is 12.7. The Bertz CT molecular complexity index is 553. The van der Waals surface area contributed by atoms with Crippen molar-refractivity contribution in [2.75, 3.05) is 0 Å². The number of hydrogen-bond acceptors (Lipinski definition) is 2. The first-order valence-electron chi connectivity index (χ1n) is 8.40. The van der Waals surface area contributed by atoms with E-state index in [4.69, 9.17) is 0 Å². The van der Waals surface area contributed by atoms with Gasteiger partial charge in [0.1, 0.15) is 12.2 Å². The molecule has 5 aliphatic carbocycles. The summed E-state index contributed by atoms with van der Waals surface area (Å²) in [5.74, 6) is 2.28. The minimum atomic E-state index is 0.349. The van der Waals surface area contributed by atoms with Crippen LogP contribution in [0.2, 0.25) is 0 Å². The Morgan fingerprint density at radius 3 is 2.35 bits per heavy atom. The minimum absolute atomic E-state index is 0.349. The van der Waals surface area contributed by atoms with Crippen LogP contribution in [0, 0.1) is 16.7 Å². The number of aromatic nitrogens is 3. The quantitative estimate of drug-likeness (QED) is 0.817. The maximum atomic E-state index is 4.64. The Labute approximate surface area is 121 Å². The fraction of sp³-hybridized carbons (Fsp3) is 0.882. The molecule has 0 saturated heterocycles. The Kier molecular flexibility index (Phi) is 1.95. The Balaban J connectivity index is 1.64. The second-order valence-electron chi connectivity index (χ2n) is 9.20. The van der Waals surface area contributed by atoms with Gasteiger partial charge < -0.3 is 4.57 Å². The second-order valence-corrected chi connectivity index (χ2v) is 9.20. The van der Waals surface area contributed by atoms with E-state index in [2.05, 4.69) is 28.6 Å². The highest BCUT2D eigenvalue weighted by molar-refractivity contribution is 5.22. The highest BCUT2D eigenvalue weighted by Crippen LogP contribution is 2.69. The largest absolute Gasteiger partial charge is 0.314 e. The van der Waals surface area contributed by atoms with Gasteiger partial charge in [0, 0.05) is 11.5 Å². The van der Waals surface area contributed by atoms with E-state index in [-0.39, 0.29) is 0 Å². The van der Waals surface area contributed by atoms with Gasteiger partial charge in [-0.1, -0.05) is 13.8 Å². The van der Waals surface area contributed by atoms with Gasteiger partial charge in [-0.25, -0.2) is 0 Å². The van der Waals surface area contributed by atoms with Gasteiger partial charge in [-0.05, 0) is 68.1 Å². The van der Waals surface area contributed by atoms with Crippen LogP contribution in [-0.2, 0) is 5.41 Å². The lowest BCUT2D eigenvalue weighted by atomic mass is 9.40.